The number of hydrogen-bond acceptors (Lipinski definition) is 9. The first kappa shape index (κ1) is 33.0. The van der Waals surface area contributed by atoms with Gasteiger partial charge in [-0.15, -0.1) is 0 Å². The van der Waals surface area contributed by atoms with Gasteiger partial charge < -0.3 is 25.0 Å². The molecule has 3 aromatic carbocycles. The van der Waals surface area contributed by atoms with Gasteiger partial charge in [-0.1, -0.05) is 30.3 Å². The lowest BCUT2D eigenvalue weighted by atomic mass is 9.88. The highest BCUT2D eigenvalue weighted by atomic mass is 32.2. The standard InChI is InChI=1S/C31H37N3O9S2/c1-32-44(38,39)28-9-4-8-27(17-28)42-21-26(35)19-33-25-18-31(43-20-25)11-13-34(14-12-31)45(40,41)29-10-3-6-23(16-29)22-5-2-7-24(15-22)30(36)37/h2-10,15-17,25-26,32-33,35H,11-14,18-21H2,1H3,(H,36,37)/t25?,26-/m0/s1. The number of carboxylic acids is 1. The van der Waals surface area contributed by atoms with Crippen molar-refractivity contribution in [2.45, 2.75) is 46.8 Å². The molecule has 2 heterocycles. The molecule has 1 spiro atoms. The molecule has 1 unspecified atom stereocenters. The van der Waals surface area contributed by atoms with Crippen molar-refractivity contribution in [3.8, 4) is 16.9 Å². The molecule has 0 radical (unpaired) electrons. The van der Waals surface area contributed by atoms with Crippen LogP contribution in [0.25, 0.3) is 11.1 Å². The Bertz CT molecular complexity index is 1740. The SMILES string of the molecule is CNS(=O)(=O)c1cccc(OC[C@@H](O)CNC2COC3(CCN(S(=O)(=O)c4cccc(-c5cccc(C(=O)O)c5)c4)CC3)C2)c1. The van der Waals surface area contributed by atoms with Crippen LogP contribution >= 0.6 is 0 Å². The first-order valence-corrected chi connectivity index (χ1v) is 17.5. The molecule has 2 aliphatic rings. The van der Waals surface area contributed by atoms with Gasteiger partial charge in [-0.25, -0.2) is 26.4 Å². The zero-order valence-electron chi connectivity index (χ0n) is 24.8. The fraction of sp³-hybridized carbons (Fsp3) is 0.387. The monoisotopic (exact) mass is 659 g/mol. The summed E-state index contributed by atoms with van der Waals surface area (Å²) in [5.41, 5.74) is 0.903. The Morgan fingerprint density at radius 1 is 1.00 bits per heavy atom. The number of aromatic carboxylic acids is 1. The van der Waals surface area contributed by atoms with Crippen LogP contribution in [0.5, 0.6) is 5.75 Å². The van der Waals surface area contributed by atoms with Crippen LogP contribution in [0.15, 0.2) is 82.6 Å². The van der Waals surface area contributed by atoms with Crippen molar-refractivity contribution in [3.05, 3.63) is 78.4 Å². The van der Waals surface area contributed by atoms with E-state index in [1.807, 2.05) is 0 Å². The molecule has 0 amide bonds. The van der Waals surface area contributed by atoms with Crippen LogP contribution in [0.1, 0.15) is 29.6 Å². The van der Waals surface area contributed by atoms with Crippen molar-refractivity contribution in [3.63, 3.8) is 0 Å². The zero-order chi connectivity index (χ0) is 32.2. The molecule has 14 heteroatoms. The highest BCUT2D eigenvalue weighted by Crippen LogP contribution is 2.37. The van der Waals surface area contributed by atoms with E-state index < -0.39 is 37.7 Å². The van der Waals surface area contributed by atoms with Gasteiger partial charge in [0.1, 0.15) is 18.5 Å². The van der Waals surface area contributed by atoms with Crippen molar-refractivity contribution >= 4 is 26.0 Å². The predicted octanol–water partition coefficient (Wildman–Crippen LogP) is 2.30. The summed E-state index contributed by atoms with van der Waals surface area (Å²) in [4.78, 5) is 11.6. The Balaban J connectivity index is 1.12. The normalized spacial score (nSPS) is 19.4. The molecule has 0 aromatic heterocycles. The first-order chi connectivity index (χ1) is 21.4. The minimum absolute atomic E-state index is 0.0230. The molecule has 0 aliphatic carbocycles. The number of carbonyl (C=O) groups is 1. The number of rotatable bonds is 12. The number of carboxylic acid groups (broad SMARTS) is 1. The lowest BCUT2D eigenvalue weighted by Crippen LogP contribution is -2.47. The van der Waals surface area contributed by atoms with Gasteiger partial charge in [-0.3, -0.25) is 0 Å². The molecule has 3 aromatic rings. The summed E-state index contributed by atoms with van der Waals surface area (Å²) < 4.78 is 66.6. The number of aliphatic hydroxyl groups is 1. The third-order valence-corrected chi connectivity index (χ3v) is 11.5. The molecule has 4 N–H and O–H groups in total. The maximum Gasteiger partial charge on any atom is 0.335 e. The summed E-state index contributed by atoms with van der Waals surface area (Å²) in [7, 11) is -6.06. The number of hydrogen-bond donors (Lipinski definition) is 4. The van der Waals surface area contributed by atoms with Crippen molar-refractivity contribution in [2.75, 3.05) is 39.9 Å². The van der Waals surface area contributed by atoms with Gasteiger partial charge in [0, 0.05) is 31.7 Å². The van der Waals surface area contributed by atoms with E-state index in [4.69, 9.17) is 9.47 Å². The Kier molecular flexibility index (Phi) is 9.94. The van der Waals surface area contributed by atoms with Crippen LogP contribution in [-0.4, -0.2) is 95.0 Å². The van der Waals surface area contributed by atoms with Gasteiger partial charge in [-0.05, 0) is 73.8 Å². The van der Waals surface area contributed by atoms with E-state index in [1.54, 1.807) is 48.5 Å². The van der Waals surface area contributed by atoms with E-state index >= 15 is 0 Å². The number of piperidine rings is 1. The average Bonchev–Trinajstić information content (AvgIpc) is 3.45. The molecule has 242 valence electrons. The molecular formula is C31H37N3O9S2. The largest absolute Gasteiger partial charge is 0.491 e. The lowest BCUT2D eigenvalue weighted by molar-refractivity contribution is -0.0312. The molecule has 2 aliphatic heterocycles. The van der Waals surface area contributed by atoms with Gasteiger partial charge >= 0.3 is 5.97 Å². The van der Waals surface area contributed by atoms with Crippen LogP contribution in [-0.2, 0) is 24.8 Å². The van der Waals surface area contributed by atoms with Crippen LogP contribution < -0.4 is 14.8 Å². The lowest BCUT2D eigenvalue weighted by Gasteiger charge is -2.38. The summed E-state index contributed by atoms with van der Waals surface area (Å²) in [6, 6.07) is 18.9. The molecule has 45 heavy (non-hydrogen) atoms. The average molecular weight is 660 g/mol. The summed E-state index contributed by atoms with van der Waals surface area (Å²) in [6.45, 7) is 1.24. The van der Waals surface area contributed by atoms with E-state index in [9.17, 15) is 31.8 Å². The Hall–Kier alpha value is -3.37. The number of nitrogens with one attached hydrogen (secondary N) is 2. The van der Waals surface area contributed by atoms with Crippen molar-refractivity contribution < 1.29 is 41.3 Å². The molecule has 0 saturated carbocycles. The van der Waals surface area contributed by atoms with Crippen LogP contribution in [0.4, 0.5) is 0 Å². The van der Waals surface area contributed by atoms with Gasteiger partial charge in [0.05, 0.1) is 27.6 Å². The third-order valence-electron chi connectivity index (χ3n) is 8.23. The minimum atomic E-state index is -3.78. The van der Waals surface area contributed by atoms with Gasteiger partial charge in [0.25, 0.3) is 0 Å². The smallest absolute Gasteiger partial charge is 0.335 e. The van der Waals surface area contributed by atoms with Crippen LogP contribution in [0.3, 0.4) is 0 Å². The number of nitrogens with zero attached hydrogens (tertiary/aromatic N) is 1. The molecule has 0 bridgehead atoms. The molecule has 5 rings (SSSR count). The van der Waals surface area contributed by atoms with Crippen LogP contribution in [0.2, 0.25) is 0 Å². The number of benzene rings is 3. The number of sulfonamides is 2. The molecule has 2 atom stereocenters. The van der Waals surface area contributed by atoms with Crippen molar-refractivity contribution in [1.29, 1.82) is 0 Å². The van der Waals surface area contributed by atoms with E-state index in [1.165, 1.54) is 35.6 Å². The Morgan fingerprint density at radius 3 is 2.38 bits per heavy atom. The molecule has 2 fully saturated rings. The Labute approximate surface area is 263 Å². The van der Waals surface area contributed by atoms with Gasteiger partial charge in [0.15, 0.2) is 0 Å². The van der Waals surface area contributed by atoms with Gasteiger partial charge in [0.2, 0.25) is 20.0 Å². The second-order valence-electron chi connectivity index (χ2n) is 11.3. The van der Waals surface area contributed by atoms with E-state index in [2.05, 4.69) is 10.0 Å². The zero-order valence-corrected chi connectivity index (χ0v) is 26.4. The van der Waals surface area contributed by atoms with Crippen LogP contribution in [0, 0.1) is 0 Å². The predicted molar refractivity (Wildman–Crippen MR) is 166 cm³/mol. The first-order valence-electron chi connectivity index (χ1n) is 14.6. The summed E-state index contributed by atoms with van der Waals surface area (Å²) in [5, 5.41) is 23.1. The second kappa shape index (κ2) is 13.5. The third kappa shape index (κ3) is 7.72. The summed E-state index contributed by atoms with van der Waals surface area (Å²) >= 11 is 0. The molecule has 12 nitrogen and oxygen atoms in total. The number of aliphatic hydroxyl groups excluding tert-OH is 1. The highest BCUT2D eigenvalue weighted by Gasteiger charge is 2.44. The minimum Gasteiger partial charge on any atom is -0.491 e. The fourth-order valence-electron chi connectivity index (χ4n) is 5.68. The van der Waals surface area contributed by atoms with E-state index in [0.717, 1.165) is 0 Å². The van der Waals surface area contributed by atoms with Crippen molar-refractivity contribution in [2.24, 2.45) is 0 Å². The molecular weight excluding hydrogens is 622 g/mol. The van der Waals surface area contributed by atoms with E-state index in [-0.39, 0.29) is 34.5 Å². The summed E-state index contributed by atoms with van der Waals surface area (Å²) in [5.74, 6) is -0.725. The maximum absolute atomic E-state index is 13.5. The maximum atomic E-state index is 13.5. The fourth-order valence-corrected chi connectivity index (χ4v) is 7.93. The van der Waals surface area contributed by atoms with Crippen molar-refractivity contribution in [1.82, 2.24) is 14.3 Å². The second-order valence-corrected chi connectivity index (χ2v) is 15.1. The van der Waals surface area contributed by atoms with E-state index in [0.29, 0.717) is 55.8 Å². The highest BCUT2D eigenvalue weighted by molar-refractivity contribution is 7.89. The topological polar surface area (TPSA) is 172 Å². The Morgan fingerprint density at radius 2 is 1.67 bits per heavy atom. The number of ether oxygens (including phenoxy) is 2. The summed E-state index contributed by atoms with van der Waals surface area (Å²) in [6.07, 6.45) is 0.888. The quantitative estimate of drug-likeness (QED) is 0.226. The van der Waals surface area contributed by atoms with Gasteiger partial charge in [-0.2, -0.15) is 4.31 Å². The molecule has 2 saturated heterocycles.